The number of nitriles is 1. The number of ether oxygens (including phenoxy) is 2. The first-order valence-electron chi connectivity index (χ1n) is 9.64. The molecule has 1 aliphatic rings. The summed E-state index contributed by atoms with van der Waals surface area (Å²) in [4.78, 5) is 25.8. The van der Waals surface area contributed by atoms with E-state index in [1.54, 1.807) is 26.4 Å². The van der Waals surface area contributed by atoms with Crippen LogP contribution in [0.4, 0.5) is 0 Å². The van der Waals surface area contributed by atoms with Crippen molar-refractivity contribution in [1.29, 1.82) is 5.26 Å². The van der Waals surface area contributed by atoms with E-state index in [4.69, 9.17) is 9.47 Å². The molecule has 8 nitrogen and oxygen atoms in total. The van der Waals surface area contributed by atoms with Crippen LogP contribution in [0, 0.1) is 11.3 Å². The molecule has 1 heterocycles. The number of methoxy groups -OCH3 is 2. The average Bonchev–Trinajstić information content (AvgIpc) is 3.14. The molecule has 1 unspecified atom stereocenters. The van der Waals surface area contributed by atoms with Gasteiger partial charge in [0.2, 0.25) is 5.91 Å². The highest BCUT2D eigenvalue weighted by molar-refractivity contribution is 5.97. The maximum atomic E-state index is 12.4. The van der Waals surface area contributed by atoms with Crippen LogP contribution in [0.1, 0.15) is 37.8 Å². The Kier molecular flexibility index (Phi) is 8.34. The molecule has 0 aliphatic carbocycles. The number of carbonyl (C=O) groups is 2. The number of carbonyl (C=O) groups excluding carboxylic acids is 2. The molecule has 0 aromatic heterocycles. The van der Waals surface area contributed by atoms with Crippen molar-refractivity contribution < 1.29 is 19.1 Å². The fraction of sp³-hybridized carbons (Fsp3) is 0.476. The molecule has 1 aromatic carbocycles. The summed E-state index contributed by atoms with van der Waals surface area (Å²) < 4.78 is 10.5. The fourth-order valence-electron chi connectivity index (χ4n) is 3.12. The van der Waals surface area contributed by atoms with E-state index >= 15 is 0 Å². The first-order valence-corrected chi connectivity index (χ1v) is 9.64. The van der Waals surface area contributed by atoms with Crippen LogP contribution in [-0.4, -0.2) is 50.6 Å². The molecule has 2 rings (SSSR count). The Balaban J connectivity index is 1.85. The highest BCUT2D eigenvalue weighted by atomic mass is 16.5. The van der Waals surface area contributed by atoms with E-state index in [-0.39, 0.29) is 17.5 Å². The molecule has 2 N–H and O–H groups in total. The monoisotopic (exact) mass is 400 g/mol. The van der Waals surface area contributed by atoms with Gasteiger partial charge in [-0.15, -0.1) is 0 Å². The second-order valence-electron chi connectivity index (χ2n) is 6.77. The van der Waals surface area contributed by atoms with Gasteiger partial charge in [-0.1, -0.05) is 6.07 Å². The number of nitrogens with zero attached hydrogens (tertiary/aromatic N) is 2. The van der Waals surface area contributed by atoms with Crippen molar-refractivity contribution in [2.24, 2.45) is 0 Å². The smallest absolute Gasteiger partial charge is 0.263 e. The zero-order valence-electron chi connectivity index (χ0n) is 17.2. The van der Waals surface area contributed by atoms with Crippen molar-refractivity contribution in [3.8, 4) is 17.6 Å². The Morgan fingerprint density at radius 1 is 1.34 bits per heavy atom. The largest absolute Gasteiger partial charge is 0.493 e. The summed E-state index contributed by atoms with van der Waals surface area (Å²) in [7, 11) is 3.11. The minimum atomic E-state index is -0.461. The van der Waals surface area contributed by atoms with Gasteiger partial charge < -0.3 is 25.0 Å². The van der Waals surface area contributed by atoms with Crippen LogP contribution >= 0.6 is 0 Å². The number of rotatable bonds is 10. The first-order chi connectivity index (χ1) is 14.0. The predicted molar refractivity (Wildman–Crippen MR) is 108 cm³/mol. The molecule has 1 fully saturated rings. The highest BCUT2D eigenvalue weighted by Crippen LogP contribution is 2.29. The average molecular weight is 400 g/mol. The lowest BCUT2D eigenvalue weighted by molar-refractivity contribution is -0.127. The summed E-state index contributed by atoms with van der Waals surface area (Å²) in [6.07, 6.45) is 3.72. The molecule has 0 radical (unpaired) electrons. The zero-order valence-corrected chi connectivity index (χ0v) is 17.2. The summed E-state index contributed by atoms with van der Waals surface area (Å²) in [5, 5.41) is 15.1. The van der Waals surface area contributed by atoms with Crippen molar-refractivity contribution in [2.75, 3.05) is 33.9 Å². The lowest BCUT2D eigenvalue weighted by Gasteiger charge is -2.16. The summed E-state index contributed by atoms with van der Waals surface area (Å²) in [5.74, 6) is 0.909. The number of hydrogen-bond donors (Lipinski definition) is 2. The molecule has 1 atom stereocenters. The molecule has 0 saturated carbocycles. The van der Waals surface area contributed by atoms with Gasteiger partial charge in [0.1, 0.15) is 11.6 Å². The maximum Gasteiger partial charge on any atom is 0.263 e. The quantitative estimate of drug-likeness (QED) is 0.353. The van der Waals surface area contributed by atoms with Gasteiger partial charge in [-0.3, -0.25) is 9.59 Å². The van der Waals surface area contributed by atoms with Crippen LogP contribution in [-0.2, 0) is 9.59 Å². The van der Waals surface area contributed by atoms with Crippen LogP contribution < -0.4 is 20.1 Å². The van der Waals surface area contributed by atoms with Crippen LogP contribution in [0.2, 0.25) is 0 Å². The van der Waals surface area contributed by atoms with E-state index in [2.05, 4.69) is 10.6 Å². The Bertz CT molecular complexity index is 800. The number of likely N-dealkylation sites (tertiary alicyclic amines) is 1. The number of benzene rings is 1. The van der Waals surface area contributed by atoms with Gasteiger partial charge in [-0.05, 0) is 37.5 Å². The lowest BCUT2D eigenvalue weighted by atomic mass is 10.1. The van der Waals surface area contributed by atoms with Crippen LogP contribution in [0.3, 0.4) is 0 Å². The maximum absolute atomic E-state index is 12.4. The molecular formula is C21H28N4O4. The van der Waals surface area contributed by atoms with Crippen molar-refractivity contribution in [3.63, 3.8) is 0 Å². The summed E-state index contributed by atoms with van der Waals surface area (Å²) in [5.41, 5.74) is 0.825. The van der Waals surface area contributed by atoms with Crippen molar-refractivity contribution in [1.82, 2.24) is 15.5 Å². The normalized spacial score (nSPS) is 14.9. The molecule has 0 bridgehead atoms. The molecule has 156 valence electrons. The Hall–Kier alpha value is -3.21. The number of hydrogen-bond acceptors (Lipinski definition) is 6. The van der Waals surface area contributed by atoms with Crippen molar-refractivity contribution >= 4 is 11.8 Å². The number of amides is 2. The third-order valence-electron chi connectivity index (χ3n) is 4.79. The topological polar surface area (TPSA) is 104 Å². The van der Waals surface area contributed by atoms with Gasteiger partial charge in [-0.25, -0.2) is 0 Å². The minimum Gasteiger partial charge on any atom is -0.493 e. The third-order valence-corrected chi connectivity index (χ3v) is 4.79. The standard InChI is InChI=1S/C21H28N4O4/c1-15(16-7-8-18(28-2)19(12-16)29-3)24-21(27)17(13-22)14-23-9-5-11-25-10-4-6-20(25)26/h7-8,12,14-15,23H,4-6,9-11H2,1-3H3,(H,24,27)/b17-14-. The molecular weight excluding hydrogens is 372 g/mol. The van der Waals surface area contributed by atoms with Gasteiger partial charge in [0, 0.05) is 32.3 Å². The molecule has 1 aliphatic heterocycles. The van der Waals surface area contributed by atoms with Gasteiger partial charge in [0.15, 0.2) is 11.5 Å². The van der Waals surface area contributed by atoms with Crippen LogP contribution in [0.5, 0.6) is 11.5 Å². The summed E-state index contributed by atoms with van der Waals surface area (Å²) in [6, 6.07) is 6.99. The molecule has 0 spiro atoms. The van der Waals surface area contributed by atoms with Crippen LogP contribution in [0.25, 0.3) is 0 Å². The SMILES string of the molecule is COc1ccc(C(C)NC(=O)/C(C#N)=C\NCCCN2CCCC2=O)cc1OC. The molecule has 29 heavy (non-hydrogen) atoms. The number of nitrogens with one attached hydrogen (secondary N) is 2. The first kappa shape index (κ1) is 22.1. The van der Waals surface area contributed by atoms with Crippen LogP contribution in [0.15, 0.2) is 30.0 Å². The molecule has 1 aromatic rings. The Morgan fingerprint density at radius 2 is 2.10 bits per heavy atom. The Labute approximate surface area is 171 Å². The second kappa shape index (κ2) is 11.0. The fourth-order valence-corrected chi connectivity index (χ4v) is 3.12. The van der Waals surface area contributed by atoms with E-state index in [1.807, 2.05) is 24.0 Å². The third kappa shape index (κ3) is 6.14. The van der Waals surface area contributed by atoms with E-state index in [0.29, 0.717) is 31.0 Å². The van der Waals surface area contributed by atoms with Gasteiger partial charge in [-0.2, -0.15) is 5.26 Å². The molecule has 8 heteroatoms. The molecule has 1 saturated heterocycles. The summed E-state index contributed by atoms with van der Waals surface area (Å²) >= 11 is 0. The predicted octanol–water partition coefficient (Wildman–Crippen LogP) is 1.89. The lowest BCUT2D eigenvalue weighted by Crippen LogP contribution is -2.29. The van der Waals surface area contributed by atoms with E-state index in [9.17, 15) is 14.9 Å². The van der Waals surface area contributed by atoms with Gasteiger partial charge in [0.25, 0.3) is 5.91 Å². The second-order valence-corrected chi connectivity index (χ2v) is 6.77. The van der Waals surface area contributed by atoms with E-state index < -0.39 is 5.91 Å². The highest BCUT2D eigenvalue weighted by Gasteiger charge is 2.19. The van der Waals surface area contributed by atoms with E-state index in [0.717, 1.165) is 24.9 Å². The minimum absolute atomic E-state index is 0.00502. The molecule has 2 amide bonds. The summed E-state index contributed by atoms with van der Waals surface area (Å²) in [6.45, 7) is 3.90. The van der Waals surface area contributed by atoms with E-state index in [1.165, 1.54) is 6.20 Å². The van der Waals surface area contributed by atoms with Gasteiger partial charge in [0.05, 0.1) is 20.3 Å². The van der Waals surface area contributed by atoms with Gasteiger partial charge >= 0.3 is 0 Å². The van der Waals surface area contributed by atoms with Crippen molar-refractivity contribution in [2.45, 2.75) is 32.2 Å². The van der Waals surface area contributed by atoms with Crippen molar-refractivity contribution in [3.05, 3.63) is 35.5 Å². The Morgan fingerprint density at radius 3 is 2.72 bits per heavy atom. The zero-order chi connectivity index (χ0) is 21.2.